The number of nitrogens with one attached hydrogen (secondary N) is 1. The van der Waals surface area contributed by atoms with Gasteiger partial charge in [-0.05, 0) is 71.4 Å². The number of nitrogens with zero attached hydrogens (tertiary/aromatic N) is 2. The van der Waals surface area contributed by atoms with E-state index in [1.807, 2.05) is 30.3 Å². The Morgan fingerprint density at radius 1 is 1.12 bits per heavy atom. The fraction of sp³-hybridized carbons (Fsp3) is 0.167. The second kappa shape index (κ2) is 10.1. The number of amides is 2. The molecule has 9 heteroatoms. The predicted octanol–water partition coefficient (Wildman–Crippen LogP) is 5.18. The molecule has 0 saturated carbocycles. The number of carbonyl (C=O) groups is 3. The van der Waals surface area contributed by atoms with Crippen molar-refractivity contribution in [3.8, 4) is 0 Å². The number of esters is 1. The van der Waals surface area contributed by atoms with Gasteiger partial charge in [-0.1, -0.05) is 12.1 Å². The molecule has 1 N–H and O–H groups in total. The van der Waals surface area contributed by atoms with E-state index in [2.05, 4.69) is 21.2 Å². The van der Waals surface area contributed by atoms with Crippen LogP contribution in [0.3, 0.4) is 0 Å². The fourth-order valence-corrected chi connectivity index (χ4v) is 4.75. The predicted molar refractivity (Wildman–Crippen MR) is 133 cm³/mol. The van der Waals surface area contributed by atoms with E-state index in [-0.39, 0.29) is 31.4 Å². The van der Waals surface area contributed by atoms with Crippen LogP contribution in [-0.4, -0.2) is 36.6 Å². The summed E-state index contributed by atoms with van der Waals surface area (Å²) in [7, 11) is 0. The number of para-hydroxylation sites is 2. The monoisotopic (exact) mass is 525 g/mol. The standard InChI is InChI=1S/C24H20BrN3O4S/c1-2-32-24(31)15-7-9-16(10-8-15)26-22(29)14-28-19-6-4-3-5-17(19)27-18(13-23(28)30)20-11-12-21(25)33-20/h3-12H,2,13-14H2,1H3,(H,26,29). The zero-order chi connectivity index (χ0) is 23.4. The van der Waals surface area contributed by atoms with E-state index >= 15 is 0 Å². The van der Waals surface area contributed by atoms with Crippen LogP contribution in [0.2, 0.25) is 0 Å². The van der Waals surface area contributed by atoms with Crippen molar-refractivity contribution in [3.63, 3.8) is 0 Å². The molecule has 2 aromatic carbocycles. The highest BCUT2D eigenvalue weighted by Gasteiger charge is 2.27. The van der Waals surface area contributed by atoms with Gasteiger partial charge in [0, 0.05) is 5.69 Å². The average molecular weight is 526 g/mol. The van der Waals surface area contributed by atoms with Crippen LogP contribution in [0.4, 0.5) is 17.1 Å². The third-order valence-corrected chi connectivity index (χ3v) is 6.56. The molecule has 0 unspecified atom stereocenters. The second-order valence-corrected chi connectivity index (χ2v) is 9.62. The molecule has 168 valence electrons. The number of hydrogen-bond donors (Lipinski definition) is 1. The number of thiophene rings is 1. The molecule has 3 aromatic rings. The van der Waals surface area contributed by atoms with Gasteiger partial charge in [-0.2, -0.15) is 0 Å². The van der Waals surface area contributed by atoms with Gasteiger partial charge in [0.15, 0.2) is 0 Å². The van der Waals surface area contributed by atoms with Crippen LogP contribution in [0, 0.1) is 0 Å². The molecule has 0 radical (unpaired) electrons. The normalized spacial score (nSPS) is 13.1. The quantitative estimate of drug-likeness (QED) is 0.449. The number of aliphatic imine (C=N–C) groups is 1. The Balaban J connectivity index is 1.51. The van der Waals surface area contributed by atoms with E-state index in [0.29, 0.717) is 28.3 Å². The topological polar surface area (TPSA) is 88.1 Å². The molecule has 0 aliphatic carbocycles. The molecule has 4 rings (SSSR count). The minimum absolute atomic E-state index is 0.0865. The zero-order valence-electron chi connectivity index (χ0n) is 17.7. The van der Waals surface area contributed by atoms with E-state index in [9.17, 15) is 14.4 Å². The van der Waals surface area contributed by atoms with Crippen LogP contribution >= 0.6 is 27.3 Å². The highest BCUT2D eigenvalue weighted by Crippen LogP contribution is 2.34. The Bertz CT molecular complexity index is 1240. The van der Waals surface area contributed by atoms with E-state index < -0.39 is 5.97 Å². The first-order valence-corrected chi connectivity index (χ1v) is 11.8. The molecular weight excluding hydrogens is 506 g/mol. The minimum Gasteiger partial charge on any atom is -0.462 e. The van der Waals surface area contributed by atoms with Crippen molar-refractivity contribution < 1.29 is 19.1 Å². The van der Waals surface area contributed by atoms with Crippen LogP contribution < -0.4 is 10.2 Å². The first kappa shape index (κ1) is 22.9. The molecule has 0 saturated heterocycles. The minimum atomic E-state index is -0.421. The van der Waals surface area contributed by atoms with E-state index in [4.69, 9.17) is 9.73 Å². The number of hydrogen-bond acceptors (Lipinski definition) is 6. The third kappa shape index (κ3) is 5.37. The summed E-state index contributed by atoms with van der Waals surface area (Å²) in [6.45, 7) is 1.87. The van der Waals surface area contributed by atoms with Crippen molar-refractivity contribution in [1.29, 1.82) is 0 Å². The lowest BCUT2D eigenvalue weighted by Gasteiger charge is -2.22. The Labute approximate surface area is 203 Å². The SMILES string of the molecule is CCOC(=O)c1ccc(NC(=O)CN2C(=O)CC(c3ccc(Br)s3)=Nc3ccccc32)cc1. The number of fused-ring (bicyclic) bond motifs is 1. The lowest BCUT2D eigenvalue weighted by Crippen LogP contribution is -2.38. The summed E-state index contributed by atoms with van der Waals surface area (Å²) in [6, 6.07) is 17.5. The maximum absolute atomic E-state index is 13.1. The van der Waals surface area contributed by atoms with Gasteiger partial charge >= 0.3 is 5.97 Å². The summed E-state index contributed by atoms with van der Waals surface area (Å²) in [5.74, 6) is -0.990. The van der Waals surface area contributed by atoms with Crippen LogP contribution in [0.25, 0.3) is 0 Å². The van der Waals surface area contributed by atoms with Crippen molar-refractivity contribution in [2.75, 3.05) is 23.4 Å². The highest BCUT2D eigenvalue weighted by molar-refractivity contribution is 9.11. The lowest BCUT2D eigenvalue weighted by atomic mass is 10.2. The fourth-order valence-electron chi connectivity index (χ4n) is 3.38. The number of benzene rings is 2. The summed E-state index contributed by atoms with van der Waals surface area (Å²) in [5, 5.41) is 2.78. The van der Waals surface area contributed by atoms with E-state index in [1.165, 1.54) is 16.2 Å². The summed E-state index contributed by atoms with van der Waals surface area (Å²) in [4.78, 5) is 44.8. The molecule has 1 aliphatic heterocycles. The number of anilines is 2. The van der Waals surface area contributed by atoms with Gasteiger partial charge in [0.1, 0.15) is 6.54 Å². The van der Waals surface area contributed by atoms with Crippen molar-refractivity contribution in [2.24, 2.45) is 4.99 Å². The van der Waals surface area contributed by atoms with Crippen molar-refractivity contribution in [2.45, 2.75) is 13.3 Å². The molecule has 2 amide bonds. The highest BCUT2D eigenvalue weighted by atomic mass is 79.9. The summed E-state index contributed by atoms with van der Waals surface area (Å²) < 4.78 is 5.92. The average Bonchev–Trinajstić information content (AvgIpc) is 3.18. The Kier molecular flexibility index (Phi) is 7.00. The Morgan fingerprint density at radius 2 is 1.88 bits per heavy atom. The zero-order valence-corrected chi connectivity index (χ0v) is 20.1. The number of carbonyl (C=O) groups excluding carboxylic acids is 3. The first-order valence-electron chi connectivity index (χ1n) is 10.2. The number of halogens is 1. The molecule has 7 nitrogen and oxygen atoms in total. The Morgan fingerprint density at radius 3 is 2.58 bits per heavy atom. The van der Waals surface area contributed by atoms with E-state index in [0.717, 1.165) is 8.66 Å². The van der Waals surface area contributed by atoms with Crippen LogP contribution in [-0.2, 0) is 14.3 Å². The smallest absolute Gasteiger partial charge is 0.338 e. The third-order valence-electron chi connectivity index (χ3n) is 4.89. The number of rotatable bonds is 6. The molecule has 1 aliphatic rings. The van der Waals surface area contributed by atoms with Crippen LogP contribution in [0.1, 0.15) is 28.6 Å². The van der Waals surface area contributed by atoms with Gasteiger partial charge in [0.2, 0.25) is 11.8 Å². The van der Waals surface area contributed by atoms with Gasteiger partial charge in [0.05, 0.1) is 44.3 Å². The second-order valence-electron chi connectivity index (χ2n) is 7.15. The maximum atomic E-state index is 13.1. The molecule has 2 heterocycles. The van der Waals surface area contributed by atoms with Gasteiger partial charge in [0.25, 0.3) is 0 Å². The molecule has 1 aromatic heterocycles. The van der Waals surface area contributed by atoms with Crippen molar-refractivity contribution >= 4 is 67.8 Å². The van der Waals surface area contributed by atoms with Gasteiger partial charge in [-0.15, -0.1) is 11.3 Å². The summed E-state index contributed by atoms with van der Waals surface area (Å²) in [6.07, 6.45) is 0.0865. The Hall–Kier alpha value is -3.30. The lowest BCUT2D eigenvalue weighted by molar-refractivity contribution is -0.120. The maximum Gasteiger partial charge on any atom is 0.338 e. The van der Waals surface area contributed by atoms with Gasteiger partial charge < -0.3 is 15.0 Å². The molecule has 0 atom stereocenters. The largest absolute Gasteiger partial charge is 0.462 e. The van der Waals surface area contributed by atoms with Crippen LogP contribution in [0.5, 0.6) is 0 Å². The van der Waals surface area contributed by atoms with Gasteiger partial charge in [-0.3, -0.25) is 9.59 Å². The summed E-state index contributed by atoms with van der Waals surface area (Å²) in [5.41, 5.74) is 2.80. The molecular formula is C24H20BrN3O4S. The van der Waals surface area contributed by atoms with Gasteiger partial charge in [-0.25, -0.2) is 9.79 Å². The van der Waals surface area contributed by atoms with Crippen molar-refractivity contribution in [1.82, 2.24) is 0 Å². The number of ether oxygens (including phenoxy) is 1. The van der Waals surface area contributed by atoms with Crippen molar-refractivity contribution in [3.05, 3.63) is 74.9 Å². The molecule has 0 spiro atoms. The molecule has 0 bridgehead atoms. The van der Waals surface area contributed by atoms with Crippen LogP contribution in [0.15, 0.2) is 69.4 Å². The molecule has 0 fully saturated rings. The summed E-state index contributed by atoms with van der Waals surface area (Å²) >= 11 is 4.96. The van der Waals surface area contributed by atoms with E-state index in [1.54, 1.807) is 37.3 Å². The first-order chi connectivity index (χ1) is 15.9. The molecule has 33 heavy (non-hydrogen) atoms.